The largest absolute Gasteiger partial charge is 0.464 e. The van der Waals surface area contributed by atoms with Gasteiger partial charge in [-0.2, -0.15) is 0 Å². The zero-order valence-corrected chi connectivity index (χ0v) is 13.9. The predicted octanol–water partition coefficient (Wildman–Crippen LogP) is 2.91. The summed E-state index contributed by atoms with van der Waals surface area (Å²) in [6.45, 7) is 2.05. The van der Waals surface area contributed by atoms with E-state index in [9.17, 15) is 9.59 Å². The molecule has 2 rings (SSSR count). The summed E-state index contributed by atoms with van der Waals surface area (Å²) >= 11 is 0. The molecule has 0 heterocycles. The first kappa shape index (κ1) is 17.7. The van der Waals surface area contributed by atoms with Crippen LogP contribution in [0.1, 0.15) is 24.5 Å². The average molecular weight is 325 g/mol. The Balaban J connectivity index is 1.93. The number of carbonyl (C=O) groups excluding carboxylic acids is 2. The summed E-state index contributed by atoms with van der Waals surface area (Å²) in [6, 6.07) is 18.8. The van der Waals surface area contributed by atoms with Crippen LogP contribution in [0.2, 0.25) is 0 Å². The van der Waals surface area contributed by atoms with E-state index in [0.29, 0.717) is 25.9 Å². The summed E-state index contributed by atoms with van der Waals surface area (Å²) < 4.78 is 5.09. The normalized spacial score (nSPS) is 11.5. The predicted molar refractivity (Wildman–Crippen MR) is 93.5 cm³/mol. The molecule has 0 spiro atoms. The van der Waals surface area contributed by atoms with Gasteiger partial charge in [-0.05, 0) is 24.5 Å². The highest BCUT2D eigenvalue weighted by atomic mass is 16.5. The van der Waals surface area contributed by atoms with Crippen LogP contribution in [0.5, 0.6) is 0 Å². The van der Waals surface area contributed by atoms with Gasteiger partial charge in [0.25, 0.3) is 0 Å². The Morgan fingerprint density at radius 3 is 2.12 bits per heavy atom. The topological polar surface area (TPSA) is 55.4 Å². The van der Waals surface area contributed by atoms with Gasteiger partial charge in [0.1, 0.15) is 6.04 Å². The Morgan fingerprint density at radius 2 is 1.54 bits per heavy atom. The molecule has 0 fully saturated rings. The van der Waals surface area contributed by atoms with E-state index in [1.54, 1.807) is 6.92 Å². The van der Waals surface area contributed by atoms with Crippen molar-refractivity contribution >= 4 is 11.9 Å². The molecule has 0 aromatic heterocycles. The average Bonchev–Trinajstić information content (AvgIpc) is 2.61. The zero-order valence-electron chi connectivity index (χ0n) is 13.9. The first-order chi connectivity index (χ1) is 11.7. The Kier molecular flexibility index (Phi) is 7.02. The molecule has 0 aliphatic carbocycles. The highest BCUT2D eigenvalue weighted by Crippen LogP contribution is 2.07. The number of hydrogen-bond donors (Lipinski definition) is 1. The van der Waals surface area contributed by atoms with E-state index < -0.39 is 12.0 Å². The molecule has 24 heavy (non-hydrogen) atoms. The maximum Gasteiger partial charge on any atom is 0.328 e. The second kappa shape index (κ2) is 9.50. The minimum Gasteiger partial charge on any atom is -0.464 e. The molecule has 0 unspecified atom stereocenters. The van der Waals surface area contributed by atoms with Crippen molar-refractivity contribution in [3.05, 3.63) is 71.8 Å². The molecule has 0 bridgehead atoms. The van der Waals surface area contributed by atoms with Gasteiger partial charge in [-0.25, -0.2) is 4.79 Å². The minimum absolute atomic E-state index is 0.146. The third kappa shape index (κ3) is 5.88. The quantitative estimate of drug-likeness (QED) is 0.759. The lowest BCUT2D eigenvalue weighted by Crippen LogP contribution is -2.43. The van der Waals surface area contributed by atoms with Crippen LogP contribution in [-0.2, 0) is 27.2 Å². The van der Waals surface area contributed by atoms with E-state index >= 15 is 0 Å². The number of amides is 1. The first-order valence-corrected chi connectivity index (χ1v) is 8.23. The van der Waals surface area contributed by atoms with Gasteiger partial charge >= 0.3 is 5.97 Å². The standard InChI is InChI=1S/C20H23NO3/c1-2-24-20(23)18(15-17-11-7-4-8-12-17)21-19(22)14-13-16-9-5-3-6-10-16/h3-12,18H,2,13-15H2,1H3,(H,21,22)/t18-/m0/s1. The van der Waals surface area contributed by atoms with Gasteiger partial charge in [0, 0.05) is 12.8 Å². The van der Waals surface area contributed by atoms with Crippen molar-refractivity contribution in [1.29, 1.82) is 0 Å². The second-order valence-electron chi connectivity index (χ2n) is 5.55. The van der Waals surface area contributed by atoms with Crippen LogP contribution in [0.15, 0.2) is 60.7 Å². The molecule has 126 valence electrons. The highest BCUT2D eigenvalue weighted by molar-refractivity contribution is 5.84. The number of esters is 1. The third-order valence-electron chi connectivity index (χ3n) is 3.67. The van der Waals surface area contributed by atoms with Crippen LogP contribution in [0, 0.1) is 0 Å². The van der Waals surface area contributed by atoms with Gasteiger partial charge in [0.05, 0.1) is 6.61 Å². The fourth-order valence-corrected chi connectivity index (χ4v) is 2.45. The summed E-state index contributed by atoms with van der Waals surface area (Å²) in [5, 5.41) is 2.81. The van der Waals surface area contributed by atoms with Crippen molar-refractivity contribution in [2.24, 2.45) is 0 Å². The maximum atomic E-state index is 12.2. The molecule has 0 aliphatic rings. The fourth-order valence-electron chi connectivity index (χ4n) is 2.45. The molecule has 2 aromatic carbocycles. The van der Waals surface area contributed by atoms with Gasteiger partial charge < -0.3 is 10.1 Å². The number of aryl methyl sites for hydroxylation is 1. The molecule has 0 saturated heterocycles. The summed E-state index contributed by atoms with van der Waals surface area (Å²) in [4.78, 5) is 24.3. The smallest absolute Gasteiger partial charge is 0.328 e. The molecule has 1 amide bonds. The van der Waals surface area contributed by atoms with Gasteiger partial charge in [0.15, 0.2) is 0 Å². The van der Waals surface area contributed by atoms with E-state index in [2.05, 4.69) is 5.32 Å². The van der Waals surface area contributed by atoms with Gasteiger partial charge in [0.2, 0.25) is 5.91 Å². The van der Waals surface area contributed by atoms with Gasteiger partial charge in [-0.3, -0.25) is 4.79 Å². The van der Waals surface area contributed by atoms with Crippen molar-refractivity contribution < 1.29 is 14.3 Å². The van der Waals surface area contributed by atoms with E-state index in [4.69, 9.17) is 4.74 Å². The molecule has 0 aliphatic heterocycles. The Hall–Kier alpha value is -2.62. The summed E-state index contributed by atoms with van der Waals surface area (Å²) in [7, 11) is 0. The number of carbonyl (C=O) groups is 2. The van der Waals surface area contributed by atoms with Crippen LogP contribution < -0.4 is 5.32 Å². The molecular weight excluding hydrogens is 302 g/mol. The lowest BCUT2D eigenvalue weighted by molar-refractivity contribution is -0.147. The van der Waals surface area contributed by atoms with Gasteiger partial charge in [-0.15, -0.1) is 0 Å². The molecule has 2 aromatic rings. The van der Waals surface area contributed by atoms with E-state index in [1.807, 2.05) is 60.7 Å². The maximum absolute atomic E-state index is 12.2. The van der Waals surface area contributed by atoms with Crippen molar-refractivity contribution in [3.8, 4) is 0 Å². The summed E-state index contributed by atoms with van der Waals surface area (Å²) in [5.74, 6) is -0.540. The van der Waals surface area contributed by atoms with Crippen LogP contribution in [0.3, 0.4) is 0 Å². The van der Waals surface area contributed by atoms with E-state index in [0.717, 1.165) is 11.1 Å². The van der Waals surface area contributed by atoms with Crippen molar-refractivity contribution in [3.63, 3.8) is 0 Å². The fraction of sp³-hybridized carbons (Fsp3) is 0.300. The Bertz CT molecular complexity index is 640. The van der Waals surface area contributed by atoms with E-state index in [1.165, 1.54) is 0 Å². The number of nitrogens with one attached hydrogen (secondary N) is 1. The van der Waals surface area contributed by atoms with Crippen LogP contribution in [0.4, 0.5) is 0 Å². The number of rotatable bonds is 8. The summed E-state index contributed by atoms with van der Waals surface area (Å²) in [5.41, 5.74) is 2.09. The third-order valence-corrected chi connectivity index (χ3v) is 3.67. The monoisotopic (exact) mass is 325 g/mol. The molecular formula is C20H23NO3. The number of benzene rings is 2. The van der Waals surface area contributed by atoms with Gasteiger partial charge in [-0.1, -0.05) is 60.7 Å². The molecule has 0 saturated carbocycles. The first-order valence-electron chi connectivity index (χ1n) is 8.23. The molecule has 1 N–H and O–H groups in total. The minimum atomic E-state index is -0.657. The number of ether oxygens (including phenoxy) is 1. The molecule has 1 atom stereocenters. The molecule has 4 heteroatoms. The highest BCUT2D eigenvalue weighted by Gasteiger charge is 2.22. The van der Waals surface area contributed by atoms with Crippen molar-refractivity contribution in [1.82, 2.24) is 5.32 Å². The lowest BCUT2D eigenvalue weighted by Gasteiger charge is -2.17. The van der Waals surface area contributed by atoms with Crippen LogP contribution in [-0.4, -0.2) is 24.5 Å². The number of hydrogen-bond acceptors (Lipinski definition) is 3. The SMILES string of the molecule is CCOC(=O)[C@H](Cc1ccccc1)NC(=O)CCc1ccccc1. The van der Waals surface area contributed by atoms with Crippen molar-refractivity contribution in [2.45, 2.75) is 32.2 Å². The molecule has 4 nitrogen and oxygen atoms in total. The lowest BCUT2D eigenvalue weighted by atomic mass is 10.1. The van der Waals surface area contributed by atoms with E-state index in [-0.39, 0.29) is 5.91 Å². The van der Waals surface area contributed by atoms with Crippen LogP contribution in [0.25, 0.3) is 0 Å². The summed E-state index contributed by atoms with van der Waals surface area (Å²) in [6.07, 6.45) is 1.42. The Morgan fingerprint density at radius 1 is 0.958 bits per heavy atom. The van der Waals surface area contributed by atoms with Crippen LogP contribution >= 0.6 is 0 Å². The van der Waals surface area contributed by atoms with Crippen molar-refractivity contribution in [2.75, 3.05) is 6.61 Å². The molecule has 0 radical (unpaired) electrons. The second-order valence-corrected chi connectivity index (χ2v) is 5.55. The Labute approximate surface area is 142 Å². The zero-order chi connectivity index (χ0) is 17.2.